The molecular weight excluding hydrogens is 252 g/mol. The summed E-state index contributed by atoms with van der Waals surface area (Å²) >= 11 is 0. The fourth-order valence-corrected chi connectivity index (χ4v) is 1.74. The van der Waals surface area contributed by atoms with E-state index in [0.29, 0.717) is 13.2 Å². The molecule has 0 saturated carbocycles. The van der Waals surface area contributed by atoms with Crippen molar-refractivity contribution in [3.8, 4) is 11.5 Å². The minimum atomic E-state index is 0.533. The maximum atomic E-state index is 5.71. The number of rotatable bonds is 8. The van der Waals surface area contributed by atoms with Crippen molar-refractivity contribution < 1.29 is 9.47 Å². The van der Waals surface area contributed by atoms with Crippen LogP contribution < -0.4 is 14.8 Å². The van der Waals surface area contributed by atoms with E-state index in [9.17, 15) is 0 Å². The summed E-state index contributed by atoms with van der Waals surface area (Å²) in [5.74, 6) is 1.46. The fraction of sp³-hybridized carbons (Fsp3) is 0.312. The summed E-state index contributed by atoms with van der Waals surface area (Å²) < 4.78 is 11.3. The number of aromatic nitrogens is 1. The molecular formula is C16H20N2O2. The lowest BCUT2D eigenvalue weighted by molar-refractivity contribution is 0.290. The van der Waals surface area contributed by atoms with E-state index in [-0.39, 0.29) is 0 Å². The molecule has 1 aromatic heterocycles. The SMILES string of the molecule is CNCCCOc1cncc(OCc2ccccc2)c1. The summed E-state index contributed by atoms with van der Waals surface area (Å²) in [4.78, 5) is 4.13. The minimum Gasteiger partial charge on any atom is -0.492 e. The zero-order valence-electron chi connectivity index (χ0n) is 11.7. The van der Waals surface area contributed by atoms with Gasteiger partial charge in [-0.3, -0.25) is 4.98 Å². The number of pyridine rings is 1. The van der Waals surface area contributed by atoms with Crippen LogP contribution in [0.25, 0.3) is 0 Å². The molecule has 1 heterocycles. The summed E-state index contributed by atoms with van der Waals surface area (Å²) in [5.41, 5.74) is 1.13. The van der Waals surface area contributed by atoms with Gasteiger partial charge in [-0.15, -0.1) is 0 Å². The topological polar surface area (TPSA) is 43.4 Å². The van der Waals surface area contributed by atoms with Crippen molar-refractivity contribution >= 4 is 0 Å². The van der Waals surface area contributed by atoms with Gasteiger partial charge >= 0.3 is 0 Å². The molecule has 0 aliphatic carbocycles. The molecule has 0 saturated heterocycles. The minimum absolute atomic E-state index is 0.533. The number of hydrogen-bond donors (Lipinski definition) is 1. The molecule has 0 bridgehead atoms. The standard InChI is InChI=1S/C16H20N2O2/c1-17-8-5-9-19-15-10-16(12-18-11-15)20-13-14-6-3-2-4-7-14/h2-4,6-7,10-12,17H,5,8-9,13H2,1H3. The lowest BCUT2D eigenvalue weighted by Crippen LogP contribution is -2.11. The number of nitrogens with one attached hydrogen (secondary N) is 1. The first-order valence-electron chi connectivity index (χ1n) is 6.77. The van der Waals surface area contributed by atoms with Crippen molar-refractivity contribution in [1.29, 1.82) is 0 Å². The van der Waals surface area contributed by atoms with Crippen LogP contribution >= 0.6 is 0 Å². The molecule has 4 heteroatoms. The van der Waals surface area contributed by atoms with E-state index < -0.39 is 0 Å². The van der Waals surface area contributed by atoms with Crippen molar-refractivity contribution in [1.82, 2.24) is 10.3 Å². The predicted octanol–water partition coefficient (Wildman–Crippen LogP) is 2.65. The summed E-state index contributed by atoms with van der Waals surface area (Å²) in [6, 6.07) is 11.9. The molecule has 4 nitrogen and oxygen atoms in total. The second-order valence-electron chi connectivity index (χ2n) is 4.44. The lowest BCUT2D eigenvalue weighted by Gasteiger charge is -2.09. The first-order chi connectivity index (χ1) is 9.88. The molecule has 0 aliphatic heterocycles. The van der Waals surface area contributed by atoms with Crippen LogP contribution in [-0.2, 0) is 6.61 Å². The van der Waals surface area contributed by atoms with Gasteiger partial charge in [-0.05, 0) is 25.6 Å². The summed E-state index contributed by atoms with van der Waals surface area (Å²) in [6.45, 7) is 2.15. The predicted molar refractivity (Wildman–Crippen MR) is 79.0 cm³/mol. The normalized spacial score (nSPS) is 10.2. The van der Waals surface area contributed by atoms with Crippen LogP contribution in [0, 0.1) is 0 Å². The molecule has 0 radical (unpaired) electrons. The Bertz CT molecular complexity index is 503. The van der Waals surface area contributed by atoms with Crippen molar-refractivity contribution in [3.63, 3.8) is 0 Å². The van der Waals surface area contributed by atoms with Gasteiger partial charge in [-0.1, -0.05) is 30.3 Å². The summed E-state index contributed by atoms with van der Waals surface area (Å²) in [6.07, 6.45) is 4.36. The summed E-state index contributed by atoms with van der Waals surface area (Å²) in [5, 5.41) is 3.08. The van der Waals surface area contributed by atoms with Gasteiger partial charge in [0, 0.05) is 6.07 Å². The van der Waals surface area contributed by atoms with Crippen LogP contribution in [0.15, 0.2) is 48.8 Å². The first-order valence-corrected chi connectivity index (χ1v) is 6.77. The Kier molecular flexibility index (Phi) is 5.86. The van der Waals surface area contributed by atoms with E-state index in [0.717, 1.165) is 30.0 Å². The third kappa shape index (κ3) is 4.90. The van der Waals surface area contributed by atoms with Crippen molar-refractivity contribution in [2.75, 3.05) is 20.2 Å². The molecule has 2 rings (SSSR count). The molecule has 0 aliphatic rings. The molecule has 0 fully saturated rings. The molecule has 0 spiro atoms. The highest BCUT2D eigenvalue weighted by molar-refractivity contribution is 5.28. The Labute approximate surface area is 119 Å². The molecule has 106 valence electrons. The van der Waals surface area contributed by atoms with E-state index in [4.69, 9.17) is 9.47 Å². The molecule has 20 heavy (non-hydrogen) atoms. The van der Waals surface area contributed by atoms with Gasteiger partial charge in [-0.2, -0.15) is 0 Å². The molecule has 0 atom stereocenters. The van der Waals surface area contributed by atoms with Gasteiger partial charge in [0.25, 0.3) is 0 Å². The van der Waals surface area contributed by atoms with E-state index in [1.807, 2.05) is 43.4 Å². The van der Waals surface area contributed by atoms with Crippen molar-refractivity contribution in [2.24, 2.45) is 0 Å². The molecule has 1 aromatic carbocycles. The van der Waals surface area contributed by atoms with Crippen LogP contribution in [0.2, 0.25) is 0 Å². The van der Waals surface area contributed by atoms with E-state index in [1.165, 1.54) is 0 Å². The molecule has 2 aromatic rings. The highest BCUT2D eigenvalue weighted by atomic mass is 16.5. The van der Waals surface area contributed by atoms with Crippen molar-refractivity contribution in [2.45, 2.75) is 13.0 Å². The van der Waals surface area contributed by atoms with Crippen LogP contribution in [0.4, 0.5) is 0 Å². The Morgan fingerprint density at radius 1 is 1.05 bits per heavy atom. The molecule has 1 N–H and O–H groups in total. The summed E-state index contributed by atoms with van der Waals surface area (Å²) in [7, 11) is 1.93. The van der Waals surface area contributed by atoms with Gasteiger partial charge in [0.1, 0.15) is 18.1 Å². The largest absolute Gasteiger partial charge is 0.492 e. The smallest absolute Gasteiger partial charge is 0.141 e. The number of ether oxygens (including phenoxy) is 2. The first kappa shape index (κ1) is 14.3. The van der Waals surface area contributed by atoms with Crippen LogP contribution in [0.1, 0.15) is 12.0 Å². The van der Waals surface area contributed by atoms with Gasteiger partial charge < -0.3 is 14.8 Å². The third-order valence-corrected chi connectivity index (χ3v) is 2.78. The van der Waals surface area contributed by atoms with Crippen LogP contribution in [-0.4, -0.2) is 25.2 Å². The number of nitrogens with zero attached hydrogens (tertiary/aromatic N) is 1. The van der Waals surface area contributed by atoms with Crippen molar-refractivity contribution in [3.05, 3.63) is 54.4 Å². The fourth-order valence-electron chi connectivity index (χ4n) is 1.74. The Hall–Kier alpha value is -2.07. The monoisotopic (exact) mass is 272 g/mol. The third-order valence-electron chi connectivity index (χ3n) is 2.78. The highest BCUT2D eigenvalue weighted by Gasteiger charge is 2.00. The average Bonchev–Trinajstić information content (AvgIpc) is 2.51. The van der Waals surface area contributed by atoms with E-state index in [1.54, 1.807) is 12.4 Å². The number of hydrogen-bond acceptors (Lipinski definition) is 4. The maximum Gasteiger partial charge on any atom is 0.141 e. The Morgan fingerprint density at radius 2 is 1.80 bits per heavy atom. The molecule has 0 unspecified atom stereocenters. The Morgan fingerprint density at radius 3 is 2.55 bits per heavy atom. The van der Waals surface area contributed by atoms with Gasteiger partial charge in [0.2, 0.25) is 0 Å². The zero-order chi connectivity index (χ0) is 14.0. The van der Waals surface area contributed by atoms with Crippen LogP contribution in [0.5, 0.6) is 11.5 Å². The van der Waals surface area contributed by atoms with Gasteiger partial charge in [0.15, 0.2) is 0 Å². The second-order valence-corrected chi connectivity index (χ2v) is 4.44. The second kappa shape index (κ2) is 8.17. The zero-order valence-corrected chi connectivity index (χ0v) is 11.7. The lowest BCUT2D eigenvalue weighted by atomic mass is 10.2. The number of benzene rings is 1. The van der Waals surface area contributed by atoms with E-state index in [2.05, 4.69) is 10.3 Å². The highest BCUT2D eigenvalue weighted by Crippen LogP contribution is 2.18. The van der Waals surface area contributed by atoms with Gasteiger partial charge in [0.05, 0.1) is 19.0 Å². The Balaban J connectivity index is 1.83. The quantitative estimate of drug-likeness (QED) is 0.750. The van der Waals surface area contributed by atoms with Crippen LogP contribution in [0.3, 0.4) is 0 Å². The molecule has 0 amide bonds. The van der Waals surface area contributed by atoms with E-state index >= 15 is 0 Å². The van der Waals surface area contributed by atoms with Gasteiger partial charge in [-0.25, -0.2) is 0 Å². The average molecular weight is 272 g/mol. The maximum absolute atomic E-state index is 5.71.